The van der Waals surface area contributed by atoms with Crippen molar-refractivity contribution in [2.75, 3.05) is 5.32 Å². The van der Waals surface area contributed by atoms with Crippen molar-refractivity contribution < 1.29 is 9.18 Å². The Labute approximate surface area is 192 Å². The second-order valence-corrected chi connectivity index (χ2v) is 9.67. The smallest absolute Gasteiger partial charge is 0.278 e. The predicted octanol–water partition coefficient (Wildman–Crippen LogP) is 5.29. The third-order valence-electron chi connectivity index (χ3n) is 5.30. The Kier molecular flexibility index (Phi) is 6.00. The lowest BCUT2D eigenvalue weighted by Gasteiger charge is -2.14. The minimum absolute atomic E-state index is 0.292. The summed E-state index contributed by atoms with van der Waals surface area (Å²) in [6.45, 7) is 0. The summed E-state index contributed by atoms with van der Waals surface area (Å²) in [5, 5.41) is 16.2. The summed E-state index contributed by atoms with van der Waals surface area (Å²) in [5.74, 6) is 0.198. The summed E-state index contributed by atoms with van der Waals surface area (Å²) in [5.41, 5.74) is 4.33. The van der Waals surface area contributed by atoms with Crippen LogP contribution in [0.4, 0.5) is 9.52 Å². The minimum Gasteiger partial charge on any atom is -0.295 e. The van der Waals surface area contributed by atoms with E-state index in [1.54, 1.807) is 28.6 Å². The van der Waals surface area contributed by atoms with Crippen LogP contribution in [0.1, 0.15) is 40.2 Å². The van der Waals surface area contributed by atoms with Crippen LogP contribution in [0.25, 0.3) is 5.69 Å². The van der Waals surface area contributed by atoms with E-state index in [0.717, 1.165) is 52.7 Å². The number of carbonyl (C=O) groups is 1. The molecule has 1 aliphatic rings. The van der Waals surface area contributed by atoms with Gasteiger partial charge >= 0.3 is 0 Å². The number of carbonyl (C=O) groups excluding carboxylic acids is 1. The van der Waals surface area contributed by atoms with Gasteiger partial charge in [-0.1, -0.05) is 53.4 Å². The molecule has 0 aliphatic heterocycles. The van der Waals surface area contributed by atoms with Gasteiger partial charge in [0.2, 0.25) is 5.13 Å². The zero-order valence-electron chi connectivity index (χ0n) is 17.1. The lowest BCUT2D eigenvalue weighted by molar-refractivity contribution is 0.102. The van der Waals surface area contributed by atoms with Gasteiger partial charge in [0.1, 0.15) is 5.82 Å². The summed E-state index contributed by atoms with van der Waals surface area (Å²) in [6, 6.07) is 16.3. The lowest BCUT2D eigenvalue weighted by atomic mass is 9.95. The molecular weight excluding hydrogens is 445 g/mol. The average molecular weight is 466 g/mol. The fraction of sp³-hybridized carbons (Fsp3) is 0.217. The molecule has 1 amide bonds. The summed E-state index contributed by atoms with van der Waals surface area (Å²) in [7, 11) is 0. The molecule has 1 N–H and O–H groups in total. The van der Waals surface area contributed by atoms with E-state index in [0.29, 0.717) is 10.8 Å². The predicted molar refractivity (Wildman–Crippen MR) is 124 cm³/mol. The molecule has 2 aromatic heterocycles. The van der Waals surface area contributed by atoms with Crippen LogP contribution in [0, 0.1) is 5.82 Å². The van der Waals surface area contributed by atoms with E-state index in [9.17, 15) is 9.18 Å². The van der Waals surface area contributed by atoms with Gasteiger partial charge in [0.25, 0.3) is 5.91 Å². The Morgan fingerprint density at radius 2 is 1.84 bits per heavy atom. The highest BCUT2D eigenvalue weighted by atomic mass is 32.2. The summed E-state index contributed by atoms with van der Waals surface area (Å²) >= 11 is 2.94. The van der Waals surface area contributed by atoms with E-state index in [2.05, 4.69) is 32.7 Å². The van der Waals surface area contributed by atoms with Crippen LogP contribution in [-0.4, -0.2) is 25.9 Å². The molecule has 162 valence electrons. The van der Waals surface area contributed by atoms with Crippen LogP contribution in [0.5, 0.6) is 0 Å². The number of rotatable bonds is 6. The summed E-state index contributed by atoms with van der Waals surface area (Å²) in [6.07, 6.45) is 3.69. The van der Waals surface area contributed by atoms with Crippen molar-refractivity contribution in [2.45, 2.75) is 35.8 Å². The van der Waals surface area contributed by atoms with Gasteiger partial charge in [-0.15, -0.1) is 10.2 Å². The van der Waals surface area contributed by atoms with E-state index in [1.165, 1.54) is 29.0 Å². The molecule has 0 saturated carbocycles. The quantitative estimate of drug-likeness (QED) is 0.310. The highest BCUT2D eigenvalue weighted by molar-refractivity contribution is 8.00. The molecule has 0 unspecified atom stereocenters. The summed E-state index contributed by atoms with van der Waals surface area (Å²) < 4.78 is 15.9. The van der Waals surface area contributed by atoms with Crippen molar-refractivity contribution in [3.63, 3.8) is 0 Å². The average Bonchev–Trinajstić information content (AvgIpc) is 3.43. The van der Waals surface area contributed by atoms with Gasteiger partial charge in [0, 0.05) is 17.0 Å². The number of amides is 1. The number of fused-ring (bicyclic) bond motifs is 1. The largest absolute Gasteiger partial charge is 0.295 e. The van der Waals surface area contributed by atoms with Gasteiger partial charge in [-0.25, -0.2) is 9.07 Å². The Balaban J connectivity index is 1.33. The Morgan fingerprint density at radius 3 is 2.66 bits per heavy atom. The fourth-order valence-corrected chi connectivity index (χ4v) is 5.47. The normalized spacial score (nSPS) is 13.0. The van der Waals surface area contributed by atoms with Crippen LogP contribution in [0.2, 0.25) is 0 Å². The van der Waals surface area contributed by atoms with Crippen LogP contribution >= 0.6 is 23.1 Å². The molecular formula is C23H20FN5OS2. The Morgan fingerprint density at radius 1 is 1.06 bits per heavy atom. The number of aromatic nitrogens is 4. The number of nitrogens with zero attached hydrogens (tertiary/aromatic N) is 4. The molecule has 1 aliphatic carbocycles. The first-order chi connectivity index (χ1) is 15.7. The fourth-order valence-electron chi connectivity index (χ4n) is 3.77. The highest BCUT2D eigenvalue weighted by Gasteiger charge is 2.26. The number of thioether (sulfide) groups is 1. The van der Waals surface area contributed by atoms with E-state index in [1.807, 2.05) is 18.2 Å². The van der Waals surface area contributed by atoms with Crippen molar-refractivity contribution in [3.8, 4) is 5.69 Å². The third kappa shape index (κ3) is 4.44. The number of hydrogen-bond acceptors (Lipinski definition) is 6. The topological polar surface area (TPSA) is 72.7 Å². The maximum Gasteiger partial charge on any atom is 0.278 e. The molecule has 2 aromatic carbocycles. The number of benzene rings is 2. The van der Waals surface area contributed by atoms with Gasteiger partial charge in [0.15, 0.2) is 10.0 Å². The first-order valence-corrected chi connectivity index (χ1v) is 12.2. The van der Waals surface area contributed by atoms with Crippen molar-refractivity contribution >= 4 is 34.1 Å². The molecule has 5 rings (SSSR count). The molecule has 0 fully saturated rings. The maximum absolute atomic E-state index is 13.4. The van der Waals surface area contributed by atoms with E-state index in [4.69, 9.17) is 0 Å². The molecule has 6 nitrogen and oxygen atoms in total. The minimum atomic E-state index is -0.301. The van der Waals surface area contributed by atoms with Gasteiger partial charge in [-0.2, -0.15) is 5.10 Å². The van der Waals surface area contributed by atoms with Crippen molar-refractivity contribution in [1.29, 1.82) is 0 Å². The standard InChI is InChI=1S/C23H20FN5OS2/c24-16-10-12-17(13-11-16)29-19-9-5-4-8-18(19)20(28-29)21(30)25-22-26-27-23(32-22)31-14-15-6-2-1-3-7-15/h1-3,6-7,10-13H,4-5,8-9,14H2,(H,25,26,30). The van der Waals surface area contributed by atoms with Gasteiger partial charge < -0.3 is 0 Å². The van der Waals surface area contributed by atoms with Crippen molar-refractivity contribution in [3.05, 3.63) is 82.9 Å². The van der Waals surface area contributed by atoms with Crippen LogP contribution in [-0.2, 0) is 18.6 Å². The van der Waals surface area contributed by atoms with Crippen LogP contribution in [0.3, 0.4) is 0 Å². The zero-order chi connectivity index (χ0) is 21.9. The number of nitrogens with one attached hydrogen (secondary N) is 1. The SMILES string of the molecule is O=C(Nc1nnc(SCc2ccccc2)s1)c1nn(-c2ccc(F)cc2)c2c1CCCC2. The van der Waals surface area contributed by atoms with Gasteiger partial charge in [0.05, 0.1) is 5.69 Å². The van der Waals surface area contributed by atoms with Crippen LogP contribution < -0.4 is 5.32 Å². The Hall–Kier alpha value is -3.04. The Bertz CT molecular complexity index is 1240. The lowest BCUT2D eigenvalue weighted by Crippen LogP contribution is -2.15. The number of halogens is 1. The molecule has 0 spiro atoms. The van der Waals surface area contributed by atoms with Gasteiger partial charge in [-0.3, -0.25) is 10.1 Å². The van der Waals surface area contributed by atoms with Crippen molar-refractivity contribution in [1.82, 2.24) is 20.0 Å². The zero-order valence-corrected chi connectivity index (χ0v) is 18.8. The molecule has 2 heterocycles. The van der Waals surface area contributed by atoms with Gasteiger partial charge in [-0.05, 0) is 55.5 Å². The highest BCUT2D eigenvalue weighted by Crippen LogP contribution is 2.30. The maximum atomic E-state index is 13.4. The second kappa shape index (κ2) is 9.22. The van der Waals surface area contributed by atoms with Crippen LogP contribution in [0.15, 0.2) is 58.9 Å². The molecule has 9 heteroatoms. The third-order valence-corrected chi connectivity index (χ3v) is 7.34. The molecule has 0 atom stereocenters. The molecule has 0 bridgehead atoms. The molecule has 4 aromatic rings. The molecule has 0 radical (unpaired) electrons. The first-order valence-electron chi connectivity index (χ1n) is 10.4. The van der Waals surface area contributed by atoms with E-state index >= 15 is 0 Å². The van der Waals surface area contributed by atoms with Crippen molar-refractivity contribution in [2.24, 2.45) is 0 Å². The van der Waals surface area contributed by atoms with E-state index < -0.39 is 0 Å². The first kappa shape index (κ1) is 20.8. The summed E-state index contributed by atoms with van der Waals surface area (Å²) in [4.78, 5) is 13.1. The molecule has 0 saturated heterocycles. The van der Waals surface area contributed by atoms with E-state index in [-0.39, 0.29) is 11.7 Å². The second-order valence-electron chi connectivity index (χ2n) is 7.47. The monoisotopic (exact) mass is 465 g/mol. The number of anilines is 1. The molecule has 32 heavy (non-hydrogen) atoms. The number of hydrogen-bond donors (Lipinski definition) is 1.